The summed E-state index contributed by atoms with van der Waals surface area (Å²) in [6, 6.07) is 24.2. The molecule has 5 nitrogen and oxygen atoms in total. The molecular formula is C26H27ClN2O3. The Morgan fingerprint density at radius 1 is 0.875 bits per heavy atom. The van der Waals surface area contributed by atoms with Gasteiger partial charge in [-0.15, -0.1) is 0 Å². The van der Waals surface area contributed by atoms with Gasteiger partial charge in [0, 0.05) is 54.6 Å². The van der Waals surface area contributed by atoms with E-state index in [-0.39, 0.29) is 12.4 Å². The summed E-state index contributed by atoms with van der Waals surface area (Å²) in [5.41, 5.74) is 2.41. The third kappa shape index (κ3) is 5.88. The number of aliphatic hydroxyl groups excluding tert-OH is 1. The van der Waals surface area contributed by atoms with E-state index in [9.17, 15) is 9.90 Å². The average Bonchev–Trinajstić information content (AvgIpc) is 2.84. The molecule has 6 heteroatoms. The number of para-hydroxylation sites is 1. The molecule has 1 heterocycles. The summed E-state index contributed by atoms with van der Waals surface area (Å²) in [6.07, 6.45) is -0.575. The number of halogens is 1. The highest BCUT2D eigenvalue weighted by Gasteiger charge is 2.19. The predicted molar refractivity (Wildman–Crippen MR) is 128 cm³/mol. The van der Waals surface area contributed by atoms with Crippen LogP contribution in [-0.4, -0.2) is 61.2 Å². The zero-order valence-corrected chi connectivity index (χ0v) is 18.6. The zero-order chi connectivity index (χ0) is 22.3. The van der Waals surface area contributed by atoms with E-state index in [1.54, 1.807) is 48.5 Å². The van der Waals surface area contributed by atoms with Crippen LogP contribution in [0.4, 0.5) is 5.69 Å². The number of β-amino-alcohol motifs (C(OH)–C–C–N with tert-alkyl or cyclic N) is 1. The molecule has 0 bridgehead atoms. The summed E-state index contributed by atoms with van der Waals surface area (Å²) in [6.45, 7) is 4.50. The number of rotatable bonds is 8. The lowest BCUT2D eigenvalue weighted by molar-refractivity contribution is 0.0663. The monoisotopic (exact) mass is 450 g/mol. The molecule has 166 valence electrons. The Morgan fingerprint density at radius 2 is 1.47 bits per heavy atom. The topological polar surface area (TPSA) is 53.0 Å². The fourth-order valence-electron chi connectivity index (χ4n) is 3.84. The maximum atomic E-state index is 12.5. The van der Waals surface area contributed by atoms with Gasteiger partial charge in [0.2, 0.25) is 0 Å². The first-order valence-corrected chi connectivity index (χ1v) is 11.2. The minimum absolute atomic E-state index is 0.0668. The number of carbonyl (C=O) groups excluding carboxylic acids is 1. The third-order valence-electron chi connectivity index (χ3n) is 5.63. The molecule has 1 atom stereocenters. The molecule has 1 fully saturated rings. The van der Waals surface area contributed by atoms with Crippen LogP contribution in [0.1, 0.15) is 15.9 Å². The van der Waals surface area contributed by atoms with Crippen molar-refractivity contribution >= 4 is 23.1 Å². The van der Waals surface area contributed by atoms with Gasteiger partial charge in [0.1, 0.15) is 18.5 Å². The van der Waals surface area contributed by atoms with Crippen LogP contribution >= 0.6 is 11.6 Å². The van der Waals surface area contributed by atoms with Crippen LogP contribution in [-0.2, 0) is 0 Å². The van der Waals surface area contributed by atoms with Crippen LogP contribution in [0, 0.1) is 0 Å². The number of hydrogen-bond donors (Lipinski definition) is 1. The molecule has 32 heavy (non-hydrogen) atoms. The zero-order valence-electron chi connectivity index (χ0n) is 17.9. The number of aliphatic hydroxyl groups is 1. The quantitative estimate of drug-likeness (QED) is 0.523. The van der Waals surface area contributed by atoms with E-state index in [0.29, 0.717) is 28.4 Å². The van der Waals surface area contributed by atoms with Crippen molar-refractivity contribution in [3.8, 4) is 5.75 Å². The van der Waals surface area contributed by atoms with Gasteiger partial charge in [-0.2, -0.15) is 0 Å². The Morgan fingerprint density at radius 3 is 2.09 bits per heavy atom. The number of piperazine rings is 1. The van der Waals surface area contributed by atoms with Crippen LogP contribution in [0.5, 0.6) is 5.75 Å². The highest BCUT2D eigenvalue weighted by molar-refractivity contribution is 6.30. The van der Waals surface area contributed by atoms with E-state index in [4.69, 9.17) is 16.3 Å². The summed E-state index contributed by atoms with van der Waals surface area (Å²) in [4.78, 5) is 17.2. The summed E-state index contributed by atoms with van der Waals surface area (Å²) < 4.78 is 5.74. The number of ether oxygens (including phenoxy) is 1. The maximum Gasteiger partial charge on any atom is 0.193 e. The number of nitrogens with zero attached hydrogens (tertiary/aromatic N) is 2. The molecule has 0 aromatic heterocycles. The van der Waals surface area contributed by atoms with Gasteiger partial charge in [0.15, 0.2) is 5.78 Å². The average molecular weight is 451 g/mol. The number of hydrogen-bond acceptors (Lipinski definition) is 5. The van der Waals surface area contributed by atoms with E-state index in [1.807, 2.05) is 6.07 Å². The summed E-state index contributed by atoms with van der Waals surface area (Å²) in [5.74, 6) is 0.563. The Balaban J connectivity index is 1.22. The van der Waals surface area contributed by atoms with Crippen molar-refractivity contribution in [3.63, 3.8) is 0 Å². The fraction of sp³-hybridized carbons (Fsp3) is 0.269. The molecule has 0 amide bonds. The van der Waals surface area contributed by atoms with Gasteiger partial charge in [-0.05, 0) is 60.7 Å². The van der Waals surface area contributed by atoms with E-state index in [1.165, 1.54) is 5.69 Å². The smallest absolute Gasteiger partial charge is 0.193 e. The maximum absolute atomic E-state index is 12.5. The van der Waals surface area contributed by atoms with Crippen molar-refractivity contribution < 1.29 is 14.6 Å². The van der Waals surface area contributed by atoms with E-state index in [2.05, 4.69) is 34.1 Å². The minimum Gasteiger partial charge on any atom is -0.491 e. The Hall–Kier alpha value is -2.86. The number of carbonyl (C=O) groups is 1. The SMILES string of the molecule is O=C(c1ccc(Cl)cc1)c1ccc(OC[C@H](O)CN2CCN(c3ccccc3)CC2)cc1. The molecule has 0 saturated carbocycles. The highest BCUT2D eigenvalue weighted by atomic mass is 35.5. The Kier molecular flexibility index (Phi) is 7.43. The van der Waals surface area contributed by atoms with E-state index in [0.717, 1.165) is 26.2 Å². The summed E-state index contributed by atoms with van der Waals surface area (Å²) in [5, 5.41) is 11.0. The van der Waals surface area contributed by atoms with Crippen molar-refractivity contribution in [1.82, 2.24) is 4.90 Å². The molecular weight excluding hydrogens is 424 g/mol. The molecule has 0 radical (unpaired) electrons. The molecule has 0 unspecified atom stereocenters. The normalized spacial score (nSPS) is 15.4. The molecule has 0 aliphatic carbocycles. The third-order valence-corrected chi connectivity index (χ3v) is 5.88. The van der Waals surface area contributed by atoms with Crippen molar-refractivity contribution in [1.29, 1.82) is 0 Å². The highest BCUT2D eigenvalue weighted by Crippen LogP contribution is 2.18. The molecule has 1 saturated heterocycles. The number of anilines is 1. The first-order chi connectivity index (χ1) is 15.6. The van der Waals surface area contributed by atoms with Crippen molar-refractivity contribution in [3.05, 3.63) is 95.0 Å². The molecule has 3 aromatic carbocycles. The van der Waals surface area contributed by atoms with Gasteiger partial charge < -0.3 is 14.7 Å². The van der Waals surface area contributed by atoms with Crippen LogP contribution < -0.4 is 9.64 Å². The molecule has 0 spiro atoms. The lowest BCUT2D eigenvalue weighted by Crippen LogP contribution is -2.49. The summed E-state index contributed by atoms with van der Waals surface area (Å²) in [7, 11) is 0. The van der Waals surface area contributed by atoms with Crippen LogP contribution in [0.15, 0.2) is 78.9 Å². The van der Waals surface area contributed by atoms with Crippen LogP contribution in [0.2, 0.25) is 5.02 Å². The Bertz CT molecular complexity index is 1000. The summed E-state index contributed by atoms with van der Waals surface area (Å²) >= 11 is 5.88. The van der Waals surface area contributed by atoms with Gasteiger partial charge in [-0.3, -0.25) is 9.69 Å². The largest absolute Gasteiger partial charge is 0.491 e. The second-order valence-corrected chi connectivity index (χ2v) is 8.38. The van der Waals surface area contributed by atoms with Gasteiger partial charge in [-0.1, -0.05) is 29.8 Å². The van der Waals surface area contributed by atoms with Crippen molar-refractivity contribution in [2.75, 3.05) is 44.2 Å². The van der Waals surface area contributed by atoms with Crippen molar-refractivity contribution in [2.45, 2.75) is 6.10 Å². The van der Waals surface area contributed by atoms with Gasteiger partial charge >= 0.3 is 0 Å². The van der Waals surface area contributed by atoms with E-state index >= 15 is 0 Å². The fourth-order valence-corrected chi connectivity index (χ4v) is 3.97. The second kappa shape index (κ2) is 10.6. The first kappa shape index (κ1) is 22.3. The molecule has 3 aromatic rings. The van der Waals surface area contributed by atoms with Gasteiger partial charge in [0.05, 0.1) is 0 Å². The van der Waals surface area contributed by atoms with Crippen LogP contribution in [0.3, 0.4) is 0 Å². The predicted octanol–water partition coefficient (Wildman–Crippen LogP) is 4.13. The number of benzene rings is 3. The molecule has 1 aliphatic rings. The van der Waals surface area contributed by atoms with Gasteiger partial charge in [0.25, 0.3) is 0 Å². The van der Waals surface area contributed by atoms with Crippen LogP contribution in [0.25, 0.3) is 0 Å². The minimum atomic E-state index is -0.575. The molecule has 1 aliphatic heterocycles. The van der Waals surface area contributed by atoms with E-state index < -0.39 is 6.10 Å². The molecule has 4 rings (SSSR count). The number of ketones is 1. The lowest BCUT2D eigenvalue weighted by atomic mass is 10.0. The van der Waals surface area contributed by atoms with Crippen molar-refractivity contribution in [2.24, 2.45) is 0 Å². The Labute approximate surface area is 193 Å². The lowest BCUT2D eigenvalue weighted by Gasteiger charge is -2.36. The standard InChI is InChI=1S/C26H27ClN2O3/c27-22-10-6-20(7-11-22)26(31)21-8-12-25(13-9-21)32-19-24(30)18-28-14-16-29(17-15-28)23-4-2-1-3-5-23/h1-13,24,30H,14-19H2/t24-/m1/s1. The van der Waals surface area contributed by atoms with Gasteiger partial charge in [-0.25, -0.2) is 0 Å². The molecule has 1 N–H and O–H groups in total. The second-order valence-electron chi connectivity index (χ2n) is 7.95. The first-order valence-electron chi connectivity index (χ1n) is 10.8.